The molecule has 1 aliphatic rings. The Bertz CT molecular complexity index is 310. The van der Waals surface area contributed by atoms with Crippen molar-refractivity contribution >= 4 is 0 Å². The van der Waals surface area contributed by atoms with Crippen molar-refractivity contribution in [3.8, 4) is 5.75 Å². The molecule has 3 nitrogen and oxygen atoms in total. The number of hydrogen-bond donors (Lipinski definition) is 2. The summed E-state index contributed by atoms with van der Waals surface area (Å²) in [6, 6.07) is 8.50. The van der Waals surface area contributed by atoms with Crippen LogP contribution in [0.25, 0.3) is 0 Å². The van der Waals surface area contributed by atoms with Gasteiger partial charge in [-0.25, -0.2) is 0 Å². The molecule has 0 bridgehead atoms. The van der Waals surface area contributed by atoms with Gasteiger partial charge in [-0.2, -0.15) is 0 Å². The minimum atomic E-state index is 0.239. The second-order valence-electron chi connectivity index (χ2n) is 3.93. The Morgan fingerprint density at radius 3 is 2.60 bits per heavy atom. The molecule has 15 heavy (non-hydrogen) atoms. The van der Waals surface area contributed by atoms with E-state index >= 15 is 0 Å². The maximum Gasteiger partial charge on any atom is 0.119 e. The minimum Gasteiger partial charge on any atom is -0.494 e. The fraction of sp³-hybridized carbons (Fsp3) is 0.500. The maximum atomic E-state index is 6.01. The summed E-state index contributed by atoms with van der Waals surface area (Å²) in [4.78, 5) is 0. The SMILES string of the molecule is CCOc1ccc([C@H]2CNC[C@@H]2N)cc1. The standard InChI is InChI=1S/C12H18N2O/c1-2-15-10-5-3-9(4-6-10)11-7-14-8-12(11)13/h3-6,11-12,14H,2,7-8,13H2,1H3/t11-,12+/m1/s1. The van der Waals surface area contributed by atoms with E-state index in [0.29, 0.717) is 12.5 Å². The summed E-state index contributed by atoms with van der Waals surface area (Å²) in [5, 5.41) is 3.30. The fourth-order valence-corrected chi connectivity index (χ4v) is 2.04. The Morgan fingerprint density at radius 2 is 2.07 bits per heavy atom. The Labute approximate surface area is 90.6 Å². The van der Waals surface area contributed by atoms with Gasteiger partial charge in [0.25, 0.3) is 0 Å². The normalized spacial score (nSPS) is 25.5. The van der Waals surface area contributed by atoms with Crippen LogP contribution in [0.3, 0.4) is 0 Å². The Kier molecular flexibility index (Phi) is 3.23. The summed E-state index contributed by atoms with van der Waals surface area (Å²) < 4.78 is 5.40. The van der Waals surface area contributed by atoms with Crippen molar-refractivity contribution in [2.45, 2.75) is 18.9 Å². The van der Waals surface area contributed by atoms with Gasteiger partial charge in [-0.15, -0.1) is 0 Å². The van der Waals surface area contributed by atoms with Gasteiger partial charge in [-0.1, -0.05) is 12.1 Å². The molecule has 0 amide bonds. The second-order valence-corrected chi connectivity index (χ2v) is 3.93. The molecule has 3 N–H and O–H groups in total. The van der Waals surface area contributed by atoms with E-state index < -0.39 is 0 Å². The molecule has 1 fully saturated rings. The molecule has 1 saturated heterocycles. The van der Waals surface area contributed by atoms with E-state index in [1.807, 2.05) is 19.1 Å². The molecular weight excluding hydrogens is 188 g/mol. The third-order valence-corrected chi connectivity index (χ3v) is 2.88. The highest BCUT2D eigenvalue weighted by molar-refractivity contribution is 5.31. The number of ether oxygens (including phenoxy) is 1. The summed E-state index contributed by atoms with van der Waals surface area (Å²) in [5.41, 5.74) is 7.32. The maximum absolute atomic E-state index is 6.01. The zero-order chi connectivity index (χ0) is 10.7. The number of hydrogen-bond acceptors (Lipinski definition) is 3. The molecule has 0 aromatic heterocycles. The van der Waals surface area contributed by atoms with Crippen LogP contribution in [0, 0.1) is 0 Å². The highest BCUT2D eigenvalue weighted by Gasteiger charge is 2.24. The molecule has 1 aliphatic heterocycles. The Balaban J connectivity index is 2.09. The van der Waals surface area contributed by atoms with E-state index in [4.69, 9.17) is 10.5 Å². The van der Waals surface area contributed by atoms with Crippen LogP contribution in [0.5, 0.6) is 5.75 Å². The van der Waals surface area contributed by atoms with Gasteiger partial charge in [-0.05, 0) is 24.6 Å². The van der Waals surface area contributed by atoms with Gasteiger partial charge in [0.1, 0.15) is 5.75 Å². The highest BCUT2D eigenvalue weighted by atomic mass is 16.5. The lowest BCUT2D eigenvalue weighted by Gasteiger charge is -2.14. The van der Waals surface area contributed by atoms with Crippen LogP contribution < -0.4 is 15.8 Å². The van der Waals surface area contributed by atoms with Crippen LogP contribution in [0.2, 0.25) is 0 Å². The number of nitrogens with two attached hydrogens (primary N) is 1. The van der Waals surface area contributed by atoms with E-state index in [-0.39, 0.29) is 6.04 Å². The smallest absolute Gasteiger partial charge is 0.119 e. The Hall–Kier alpha value is -1.06. The molecule has 3 heteroatoms. The van der Waals surface area contributed by atoms with Crippen molar-refractivity contribution in [3.63, 3.8) is 0 Å². The first-order valence-electron chi connectivity index (χ1n) is 5.50. The third-order valence-electron chi connectivity index (χ3n) is 2.88. The van der Waals surface area contributed by atoms with Crippen molar-refractivity contribution < 1.29 is 4.74 Å². The summed E-state index contributed by atoms with van der Waals surface area (Å²) in [6.45, 7) is 4.60. The monoisotopic (exact) mass is 206 g/mol. The van der Waals surface area contributed by atoms with Crippen LogP contribution in [0.15, 0.2) is 24.3 Å². The lowest BCUT2D eigenvalue weighted by atomic mass is 9.95. The molecular formula is C12H18N2O. The summed E-state index contributed by atoms with van der Waals surface area (Å²) in [5.74, 6) is 1.38. The Morgan fingerprint density at radius 1 is 1.33 bits per heavy atom. The van der Waals surface area contributed by atoms with Gasteiger partial charge < -0.3 is 15.8 Å². The van der Waals surface area contributed by atoms with Crippen LogP contribution in [-0.2, 0) is 0 Å². The third kappa shape index (κ3) is 2.30. The minimum absolute atomic E-state index is 0.239. The van der Waals surface area contributed by atoms with Crippen molar-refractivity contribution in [2.75, 3.05) is 19.7 Å². The van der Waals surface area contributed by atoms with Crippen LogP contribution >= 0.6 is 0 Å². The van der Waals surface area contributed by atoms with Crippen LogP contribution in [0.4, 0.5) is 0 Å². The number of benzene rings is 1. The van der Waals surface area contributed by atoms with Crippen molar-refractivity contribution in [1.29, 1.82) is 0 Å². The van der Waals surface area contributed by atoms with Gasteiger partial charge in [-0.3, -0.25) is 0 Å². The lowest BCUT2D eigenvalue weighted by molar-refractivity contribution is 0.340. The van der Waals surface area contributed by atoms with E-state index in [2.05, 4.69) is 17.4 Å². The summed E-state index contributed by atoms with van der Waals surface area (Å²) >= 11 is 0. The van der Waals surface area contributed by atoms with E-state index in [9.17, 15) is 0 Å². The van der Waals surface area contributed by atoms with Gasteiger partial charge in [0, 0.05) is 25.0 Å². The zero-order valence-electron chi connectivity index (χ0n) is 9.07. The molecule has 0 unspecified atom stereocenters. The van der Waals surface area contributed by atoms with Gasteiger partial charge >= 0.3 is 0 Å². The first-order valence-corrected chi connectivity index (χ1v) is 5.50. The molecule has 2 rings (SSSR count). The van der Waals surface area contributed by atoms with E-state index in [1.165, 1.54) is 5.56 Å². The molecule has 1 heterocycles. The van der Waals surface area contributed by atoms with E-state index in [1.54, 1.807) is 0 Å². The van der Waals surface area contributed by atoms with Crippen LogP contribution in [-0.4, -0.2) is 25.7 Å². The fourth-order valence-electron chi connectivity index (χ4n) is 2.04. The second kappa shape index (κ2) is 4.64. The predicted molar refractivity (Wildman–Crippen MR) is 61.2 cm³/mol. The quantitative estimate of drug-likeness (QED) is 0.778. The average molecular weight is 206 g/mol. The van der Waals surface area contributed by atoms with E-state index in [0.717, 1.165) is 18.8 Å². The van der Waals surface area contributed by atoms with Crippen molar-refractivity contribution in [2.24, 2.45) is 5.73 Å². The number of nitrogens with one attached hydrogen (secondary N) is 1. The van der Waals surface area contributed by atoms with Crippen LogP contribution in [0.1, 0.15) is 18.4 Å². The molecule has 1 aromatic rings. The van der Waals surface area contributed by atoms with Gasteiger partial charge in [0.15, 0.2) is 0 Å². The van der Waals surface area contributed by atoms with Crippen molar-refractivity contribution in [1.82, 2.24) is 5.32 Å². The largest absolute Gasteiger partial charge is 0.494 e. The van der Waals surface area contributed by atoms with Gasteiger partial charge in [0.2, 0.25) is 0 Å². The molecule has 82 valence electrons. The summed E-state index contributed by atoms with van der Waals surface area (Å²) in [6.07, 6.45) is 0. The first kappa shape index (κ1) is 10.5. The molecule has 2 atom stereocenters. The highest BCUT2D eigenvalue weighted by Crippen LogP contribution is 2.23. The zero-order valence-corrected chi connectivity index (χ0v) is 9.07. The average Bonchev–Trinajstić information content (AvgIpc) is 2.66. The molecule has 0 radical (unpaired) electrons. The topological polar surface area (TPSA) is 47.3 Å². The predicted octanol–water partition coefficient (Wildman–Crippen LogP) is 1.10. The molecule has 0 saturated carbocycles. The number of rotatable bonds is 3. The lowest BCUT2D eigenvalue weighted by Crippen LogP contribution is -2.27. The summed E-state index contributed by atoms with van der Waals surface area (Å²) in [7, 11) is 0. The first-order chi connectivity index (χ1) is 7.31. The molecule has 1 aromatic carbocycles. The van der Waals surface area contributed by atoms with Gasteiger partial charge in [0.05, 0.1) is 6.61 Å². The van der Waals surface area contributed by atoms with Crippen molar-refractivity contribution in [3.05, 3.63) is 29.8 Å². The molecule has 0 spiro atoms. The molecule has 0 aliphatic carbocycles.